The molecule has 0 aliphatic heterocycles. The molecule has 0 aromatic heterocycles. The van der Waals surface area contributed by atoms with Crippen LogP contribution in [-0.2, 0) is 9.59 Å². The highest BCUT2D eigenvalue weighted by atomic mass is 16.2. The number of nitrogens with one attached hydrogen (secondary N) is 1. The van der Waals surface area contributed by atoms with E-state index in [1.807, 2.05) is 32.9 Å². The van der Waals surface area contributed by atoms with E-state index in [2.05, 4.69) is 10.5 Å². The first kappa shape index (κ1) is 13.9. The van der Waals surface area contributed by atoms with Gasteiger partial charge in [0, 0.05) is 5.56 Å². The molecule has 0 spiro atoms. The van der Waals surface area contributed by atoms with Gasteiger partial charge in [-0.2, -0.15) is 5.10 Å². The Labute approximate surface area is 106 Å². The predicted octanol–water partition coefficient (Wildman–Crippen LogP) is 0.937. The van der Waals surface area contributed by atoms with Crippen LogP contribution in [0.2, 0.25) is 0 Å². The van der Waals surface area contributed by atoms with Crippen molar-refractivity contribution in [1.82, 2.24) is 5.43 Å². The van der Waals surface area contributed by atoms with E-state index in [0.717, 1.165) is 16.7 Å². The molecule has 5 heteroatoms. The van der Waals surface area contributed by atoms with Gasteiger partial charge in [-0.05, 0) is 38.8 Å². The number of nitrogens with two attached hydrogens (primary N) is 1. The fourth-order valence-electron chi connectivity index (χ4n) is 2.00. The van der Waals surface area contributed by atoms with E-state index in [4.69, 9.17) is 5.73 Å². The molecule has 1 aromatic rings. The summed E-state index contributed by atoms with van der Waals surface area (Å²) in [6.07, 6.45) is 0. The molecular formula is C13H17N3O2. The second-order valence-corrected chi connectivity index (χ2v) is 4.28. The van der Waals surface area contributed by atoms with Crippen molar-refractivity contribution in [3.05, 3.63) is 34.4 Å². The molecule has 1 aromatic carbocycles. The number of hydrogen-bond donors (Lipinski definition) is 2. The van der Waals surface area contributed by atoms with Crippen LogP contribution in [0.1, 0.15) is 29.2 Å². The standard InChI is InChI=1S/C13H17N3O2/c1-7-5-8(2)11(9(3)6-7)10(4)15-16-13(18)12(14)17/h5-6H,1-4H3,(H2,14,17)(H,16,18)/b15-10-. The summed E-state index contributed by atoms with van der Waals surface area (Å²) in [5.41, 5.74) is 11.9. The Balaban J connectivity index is 3.04. The summed E-state index contributed by atoms with van der Waals surface area (Å²) in [6, 6.07) is 4.08. The Morgan fingerprint density at radius 3 is 2.11 bits per heavy atom. The fraction of sp³-hybridized carbons (Fsp3) is 0.308. The van der Waals surface area contributed by atoms with Crippen LogP contribution in [0.4, 0.5) is 0 Å². The quantitative estimate of drug-likeness (QED) is 0.463. The van der Waals surface area contributed by atoms with E-state index >= 15 is 0 Å². The first-order valence-electron chi connectivity index (χ1n) is 5.55. The van der Waals surface area contributed by atoms with Crippen LogP contribution in [-0.4, -0.2) is 17.5 Å². The summed E-state index contributed by atoms with van der Waals surface area (Å²) in [5.74, 6) is -1.97. The van der Waals surface area contributed by atoms with Crippen LogP contribution in [0.5, 0.6) is 0 Å². The molecule has 0 heterocycles. The van der Waals surface area contributed by atoms with Crippen molar-refractivity contribution in [2.24, 2.45) is 10.8 Å². The smallest absolute Gasteiger partial charge is 0.329 e. The first-order valence-corrected chi connectivity index (χ1v) is 5.55. The van der Waals surface area contributed by atoms with Gasteiger partial charge in [0.25, 0.3) is 0 Å². The third-order valence-corrected chi connectivity index (χ3v) is 2.59. The number of nitrogens with zero attached hydrogens (tertiary/aromatic N) is 1. The Morgan fingerprint density at radius 1 is 1.17 bits per heavy atom. The lowest BCUT2D eigenvalue weighted by Crippen LogP contribution is -2.33. The third-order valence-electron chi connectivity index (χ3n) is 2.59. The first-order chi connectivity index (χ1) is 8.32. The van der Waals surface area contributed by atoms with Crippen molar-refractivity contribution in [2.75, 3.05) is 0 Å². The topological polar surface area (TPSA) is 84.6 Å². The number of primary amides is 1. The number of carbonyl (C=O) groups excluding carboxylic acids is 2. The van der Waals surface area contributed by atoms with Gasteiger partial charge in [0.2, 0.25) is 0 Å². The molecular weight excluding hydrogens is 230 g/mol. The van der Waals surface area contributed by atoms with Crippen molar-refractivity contribution in [3.8, 4) is 0 Å². The number of hydrazone groups is 1. The highest BCUT2D eigenvalue weighted by Gasteiger charge is 2.10. The van der Waals surface area contributed by atoms with E-state index in [1.165, 1.54) is 5.56 Å². The molecule has 5 nitrogen and oxygen atoms in total. The summed E-state index contributed by atoms with van der Waals surface area (Å²) in [5, 5.41) is 3.88. The maximum atomic E-state index is 11.0. The molecule has 3 N–H and O–H groups in total. The number of hydrogen-bond acceptors (Lipinski definition) is 3. The second kappa shape index (κ2) is 5.44. The van der Waals surface area contributed by atoms with Crippen molar-refractivity contribution < 1.29 is 9.59 Å². The van der Waals surface area contributed by atoms with Crippen LogP contribution in [0.3, 0.4) is 0 Å². The van der Waals surface area contributed by atoms with E-state index in [1.54, 1.807) is 6.92 Å². The molecule has 18 heavy (non-hydrogen) atoms. The molecule has 2 amide bonds. The molecule has 0 fully saturated rings. The van der Waals surface area contributed by atoms with Gasteiger partial charge >= 0.3 is 11.8 Å². The molecule has 96 valence electrons. The van der Waals surface area contributed by atoms with Gasteiger partial charge in [-0.1, -0.05) is 17.7 Å². The predicted molar refractivity (Wildman–Crippen MR) is 70.2 cm³/mol. The van der Waals surface area contributed by atoms with Gasteiger partial charge in [0.1, 0.15) is 0 Å². The Kier molecular flexibility index (Phi) is 4.20. The largest absolute Gasteiger partial charge is 0.361 e. The lowest BCUT2D eigenvalue weighted by molar-refractivity contribution is -0.137. The molecule has 0 aliphatic carbocycles. The van der Waals surface area contributed by atoms with Crippen molar-refractivity contribution in [2.45, 2.75) is 27.7 Å². The van der Waals surface area contributed by atoms with E-state index in [9.17, 15) is 9.59 Å². The minimum Gasteiger partial charge on any atom is -0.361 e. The van der Waals surface area contributed by atoms with Crippen LogP contribution in [0.25, 0.3) is 0 Å². The maximum Gasteiger partial charge on any atom is 0.329 e. The van der Waals surface area contributed by atoms with E-state index < -0.39 is 11.8 Å². The van der Waals surface area contributed by atoms with Crippen molar-refractivity contribution in [1.29, 1.82) is 0 Å². The number of aryl methyl sites for hydroxylation is 3. The zero-order valence-corrected chi connectivity index (χ0v) is 11.0. The average molecular weight is 247 g/mol. The molecule has 0 aliphatic rings. The monoisotopic (exact) mass is 247 g/mol. The van der Waals surface area contributed by atoms with Gasteiger partial charge in [-0.3, -0.25) is 9.59 Å². The average Bonchev–Trinajstić information content (AvgIpc) is 2.24. The van der Waals surface area contributed by atoms with Crippen molar-refractivity contribution in [3.63, 3.8) is 0 Å². The second-order valence-electron chi connectivity index (χ2n) is 4.28. The van der Waals surface area contributed by atoms with Crippen LogP contribution < -0.4 is 11.2 Å². The number of benzene rings is 1. The summed E-state index contributed by atoms with van der Waals surface area (Å²) >= 11 is 0. The fourth-order valence-corrected chi connectivity index (χ4v) is 2.00. The van der Waals surface area contributed by atoms with Crippen LogP contribution >= 0.6 is 0 Å². The van der Waals surface area contributed by atoms with Gasteiger partial charge in [0.05, 0.1) is 5.71 Å². The highest BCUT2D eigenvalue weighted by Crippen LogP contribution is 2.17. The Bertz CT molecular complexity index is 510. The van der Waals surface area contributed by atoms with Crippen LogP contribution in [0.15, 0.2) is 17.2 Å². The van der Waals surface area contributed by atoms with Crippen LogP contribution in [0, 0.1) is 20.8 Å². The Hall–Kier alpha value is -2.17. The third kappa shape index (κ3) is 3.16. The molecule has 0 bridgehead atoms. The van der Waals surface area contributed by atoms with Gasteiger partial charge in [-0.15, -0.1) is 0 Å². The summed E-state index contributed by atoms with van der Waals surface area (Å²) in [4.78, 5) is 21.6. The zero-order valence-electron chi connectivity index (χ0n) is 11.0. The van der Waals surface area contributed by atoms with Gasteiger partial charge in [-0.25, -0.2) is 5.43 Å². The lowest BCUT2D eigenvalue weighted by Gasteiger charge is -2.10. The van der Waals surface area contributed by atoms with Gasteiger partial charge < -0.3 is 5.73 Å². The summed E-state index contributed by atoms with van der Waals surface area (Å²) < 4.78 is 0. The number of rotatable bonds is 2. The highest BCUT2D eigenvalue weighted by molar-refractivity contribution is 6.34. The normalized spacial score (nSPS) is 11.2. The van der Waals surface area contributed by atoms with E-state index in [0.29, 0.717) is 5.71 Å². The zero-order chi connectivity index (χ0) is 13.9. The number of amides is 2. The molecule has 1 rings (SSSR count). The molecule has 0 atom stereocenters. The molecule has 0 saturated heterocycles. The SMILES string of the molecule is C/C(=N/NC(=O)C(N)=O)c1c(C)cc(C)cc1C. The molecule has 0 saturated carbocycles. The molecule has 0 unspecified atom stereocenters. The van der Waals surface area contributed by atoms with Crippen molar-refractivity contribution >= 4 is 17.5 Å². The Morgan fingerprint density at radius 2 is 1.67 bits per heavy atom. The lowest BCUT2D eigenvalue weighted by atomic mass is 9.97. The maximum absolute atomic E-state index is 11.0. The summed E-state index contributed by atoms with van der Waals surface area (Å²) in [6.45, 7) is 7.74. The minimum atomic E-state index is -1.05. The minimum absolute atomic E-state index is 0.639. The number of carbonyl (C=O) groups is 2. The van der Waals surface area contributed by atoms with Gasteiger partial charge in [0.15, 0.2) is 0 Å². The van der Waals surface area contributed by atoms with E-state index in [-0.39, 0.29) is 0 Å². The molecule has 0 radical (unpaired) electrons. The summed E-state index contributed by atoms with van der Waals surface area (Å²) in [7, 11) is 0.